The first-order valence-electron chi connectivity index (χ1n) is 5.79. The molecule has 8 heteroatoms. The Kier molecular flexibility index (Phi) is 4.14. The SMILES string of the molecule is CC1COCCN1S(=O)(=O)c1cccnc1C(N)=S. The van der Waals surface area contributed by atoms with Crippen molar-refractivity contribution in [1.82, 2.24) is 9.29 Å². The number of thiocarbonyl (C=S) groups is 1. The van der Waals surface area contributed by atoms with Crippen LogP contribution in [0.5, 0.6) is 0 Å². The first-order chi connectivity index (χ1) is 8.94. The van der Waals surface area contributed by atoms with Crippen LogP contribution in [0.1, 0.15) is 12.6 Å². The van der Waals surface area contributed by atoms with Crippen LogP contribution in [0.2, 0.25) is 0 Å². The molecule has 1 aromatic rings. The monoisotopic (exact) mass is 301 g/mol. The van der Waals surface area contributed by atoms with Crippen LogP contribution in [-0.4, -0.2) is 48.5 Å². The predicted octanol–water partition coefficient (Wildman–Crippen LogP) is 0.125. The summed E-state index contributed by atoms with van der Waals surface area (Å²) >= 11 is 4.86. The molecule has 1 aliphatic rings. The fourth-order valence-corrected chi connectivity index (χ4v) is 3.97. The number of nitrogens with two attached hydrogens (primary N) is 1. The number of nitrogens with zero attached hydrogens (tertiary/aromatic N) is 2. The Labute approximate surface area is 117 Å². The maximum Gasteiger partial charge on any atom is 0.245 e. The smallest absolute Gasteiger partial charge is 0.245 e. The van der Waals surface area contributed by atoms with Crippen molar-refractivity contribution in [2.75, 3.05) is 19.8 Å². The van der Waals surface area contributed by atoms with Gasteiger partial charge in [-0.1, -0.05) is 12.2 Å². The zero-order valence-electron chi connectivity index (χ0n) is 10.4. The van der Waals surface area contributed by atoms with Gasteiger partial charge in [0.2, 0.25) is 10.0 Å². The number of pyridine rings is 1. The molecule has 0 radical (unpaired) electrons. The molecule has 2 heterocycles. The Bertz CT molecular complexity index is 589. The van der Waals surface area contributed by atoms with Gasteiger partial charge in [0.1, 0.15) is 15.6 Å². The fraction of sp³-hybridized carbons (Fsp3) is 0.455. The van der Waals surface area contributed by atoms with Crippen molar-refractivity contribution in [3.8, 4) is 0 Å². The van der Waals surface area contributed by atoms with Crippen molar-refractivity contribution in [1.29, 1.82) is 0 Å². The summed E-state index contributed by atoms with van der Waals surface area (Å²) in [6.45, 7) is 2.87. The standard InChI is InChI=1S/C11H15N3O3S2/c1-8-7-17-6-5-14(8)19(15,16)9-3-2-4-13-10(9)11(12)18/h2-4,8H,5-7H2,1H3,(H2,12,18). The zero-order chi connectivity index (χ0) is 14.0. The molecule has 19 heavy (non-hydrogen) atoms. The number of aromatic nitrogens is 1. The lowest BCUT2D eigenvalue weighted by Gasteiger charge is -2.32. The van der Waals surface area contributed by atoms with E-state index in [1.807, 2.05) is 0 Å². The average Bonchev–Trinajstić information content (AvgIpc) is 2.39. The average molecular weight is 301 g/mol. The summed E-state index contributed by atoms with van der Waals surface area (Å²) in [5.41, 5.74) is 5.67. The van der Waals surface area contributed by atoms with Crippen molar-refractivity contribution >= 4 is 27.2 Å². The van der Waals surface area contributed by atoms with Gasteiger partial charge in [-0.25, -0.2) is 8.42 Å². The van der Waals surface area contributed by atoms with E-state index in [-0.39, 0.29) is 21.6 Å². The van der Waals surface area contributed by atoms with Gasteiger partial charge in [-0.05, 0) is 19.1 Å². The molecule has 0 aliphatic carbocycles. The molecule has 104 valence electrons. The molecule has 0 amide bonds. The number of sulfonamides is 1. The first-order valence-corrected chi connectivity index (χ1v) is 7.64. The van der Waals surface area contributed by atoms with Crippen molar-refractivity contribution in [2.45, 2.75) is 17.9 Å². The molecule has 6 nitrogen and oxygen atoms in total. The normalized spacial score (nSPS) is 21.2. The lowest BCUT2D eigenvalue weighted by Crippen LogP contribution is -2.47. The first kappa shape index (κ1) is 14.3. The van der Waals surface area contributed by atoms with Crippen LogP contribution in [0.3, 0.4) is 0 Å². The number of hydrogen-bond donors (Lipinski definition) is 1. The summed E-state index contributed by atoms with van der Waals surface area (Å²) in [7, 11) is -3.66. The molecule has 0 aromatic carbocycles. The lowest BCUT2D eigenvalue weighted by molar-refractivity contribution is 0.0392. The molecule has 1 unspecified atom stereocenters. The van der Waals surface area contributed by atoms with Crippen molar-refractivity contribution in [3.63, 3.8) is 0 Å². The quantitative estimate of drug-likeness (QED) is 0.799. The number of ether oxygens (including phenoxy) is 1. The molecular weight excluding hydrogens is 286 g/mol. The summed E-state index contributed by atoms with van der Waals surface area (Å²) < 4.78 is 31.9. The second kappa shape index (κ2) is 5.49. The minimum absolute atomic E-state index is 0.0277. The molecular formula is C11H15N3O3S2. The van der Waals surface area contributed by atoms with Crippen LogP contribution in [-0.2, 0) is 14.8 Å². The van der Waals surface area contributed by atoms with Crippen molar-refractivity contribution in [2.24, 2.45) is 5.73 Å². The molecule has 0 saturated carbocycles. The lowest BCUT2D eigenvalue weighted by atomic mass is 10.3. The second-order valence-electron chi connectivity index (χ2n) is 4.25. The maximum atomic E-state index is 12.6. The third kappa shape index (κ3) is 2.76. The predicted molar refractivity (Wildman–Crippen MR) is 74.3 cm³/mol. The summed E-state index contributed by atoms with van der Waals surface area (Å²) in [6.07, 6.45) is 1.47. The molecule has 2 N–H and O–H groups in total. The van der Waals surface area contributed by atoms with Crippen molar-refractivity contribution < 1.29 is 13.2 Å². The van der Waals surface area contributed by atoms with E-state index in [1.165, 1.54) is 16.6 Å². The van der Waals surface area contributed by atoms with Gasteiger partial charge in [-0.2, -0.15) is 4.31 Å². The number of morpholine rings is 1. The van der Waals surface area contributed by atoms with Gasteiger partial charge in [-0.15, -0.1) is 0 Å². The van der Waals surface area contributed by atoms with Crippen LogP contribution in [0.25, 0.3) is 0 Å². The third-order valence-corrected chi connectivity index (χ3v) is 5.14. The summed E-state index contributed by atoms with van der Waals surface area (Å²) in [5, 5.41) is 0. The van der Waals surface area contributed by atoms with Gasteiger partial charge < -0.3 is 10.5 Å². The Morgan fingerprint density at radius 3 is 3.00 bits per heavy atom. The van der Waals surface area contributed by atoms with E-state index in [9.17, 15) is 8.42 Å². The molecule has 0 bridgehead atoms. The van der Waals surface area contributed by atoms with E-state index < -0.39 is 10.0 Å². The van der Waals surface area contributed by atoms with E-state index >= 15 is 0 Å². The van der Waals surface area contributed by atoms with Gasteiger partial charge in [-0.3, -0.25) is 4.98 Å². The van der Waals surface area contributed by atoms with Gasteiger partial charge in [0, 0.05) is 18.8 Å². The van der Waals surface area contributed by atoms with Crippen LogP contribution in [0.15, 0.2) is 23.2 Å². The van der Waals surface area contributed by atoms with Gasteiger partial charge in [0.25, 0.3) is 0 Å². The van der Waals surface area contributed by atoms with Crippen LogP contribution >= 0.6 is 12.2 Å². The van der Waals surface area contributed by atoms with Crippen molar-refractivity contribution in [3.05, 3.63) is 24.0 Å². The van der Waals surface area contributed by atoms with E-state index in [4.69, 9.17) is 22.7 Å². The number of rotatable bonds is 3. The third-order valence-electron chi connectivity index (χ3n) is 2.90. The molecule has 1 aliphatic heterocycles. The molecule has 1 saturated heterocycles. The molecule has 1 aromatic heterocycles. The van der Waals surface area contributed by atoms with E-state index in [0.29, 0.717) is 19.8 Å². The highest BCUT2D eigenvalue weighted by atomic mass is 32.2. The van der Waals surface area contributed by atoms with Crippen LogP contribution in [0, 0.1) is 0 Å². The Hall–Kier alpha value is -1.09. The summed E-state index contributed by atoms with van der Waals surface area (Å²) in [5.74, 6) is 0. The Morgan fingerprint density at radius 2 is 2.37 bits per heavy atom. The van der Waals surface area contributed by atoms with E-state index in [0.717, 1.165) is 0 Å². The minimum Gasteiger partial charge on any atom is -0.388 e. The molecule has 0 spiro atoms. The second-order valence-corrected chi connectivity index (χ2v) is 6.55. The Balaban J connectivity index is 2.47. The topological polar surface area (TPSA) is 85.5 Å². The van der Waals surface area contributed by atoms with Crippen LogP contribution < -0.4 is 5.73 Å². The zero-order valence-corrected chi connectivity index (χ0v) is 12.1. The molecule has 1 atom stereocenters. The van der Waals surface area contributed by atoms with Gasteiger partial charge >= 0.3 is 0 Å². The molecule has 1 fully saturated rings. The minimum atomic E-state index is -3.66. The molecule has 2 rings (SSSR count). The van der Waals surface area contributed by atoms with E-state index in [1.54, 1.807) is 13.0 Å². The highest BCUT2D eigenvalue weighted by Gasteiger charge is 2.33. The highest BCUT2D eigenvalue weighted by molar-refractivity contribution is 7.89. The summed E-state index contributed by atoms with van der Waals surface area (Å²) in [4.78, 5) is 3.99. The maximum absolute atomic E-state index is 12.6. The Morgan fingerprint density at radius 1 is 1.63 bits per heavy atom. The van der Waals surface area contributed by atoms with Gasteiger partial charge in [0.05, 0.1) is 13.2 Å². The van der Waals surface area contributed by atoms with E-state index in [2.05, 4.69) is 4.98 Å². The van der Waals surface area contributed by atoms with Gasteiger partial charge in [0.15, 0.2) is 0 Å². The highest BCUT2D eigenvalue weighted by Crippen LogP contribution is 2.22. The number of hydrogen-bond acceptors (Lipinski definition) is 5. The van der Waals surface area contributed by atoms with Crippen LogP contribution in [0.4, 0.5) is 0 Å². The largest absolute Gasteiger partial charge is 0.388 e. The fourth-order valence-electron chi connectivity index (χ4n) is 1.98. The summed E-state index contributed by atoms with van der Waals surface area (Å²) in [6, 6.07) is 2.80.